The second kappa shape index (κ2) is 7.68. The summed E-state index contributed by atoms with van der Waals surface area (Å²) >= 11 is 5.82. The molecule has 0 aliphatic carbocycles. The quantitative estimate of drug-likeness (QED) is 0.733. The fourth-order valence-electron chi connectivity index (χ4n) is 2.06. The monoisotopic (exact) mass is 367 g/mol. The third-order valence-electron chi connectivity index (χ3n) is 3.09. The van der Waals surface area contributed by atoms with Crippen LogP contribution in [0.15, 0.2) is 59.5 Å². The number of hydrogen-bond acceptors (Lipinski definition) is 4. The molecule has 128 valence electrons. The number of rotatable bonds is 6. The van der Waals surface area contributed by atoms with Crippen molar-refractivity contribution in [3.05, 3.63) is 59.6 Å². The van der Waals surface area contributed by atoms with Gasteiger partial charge in [-0.15, -0.1) is 0 Å². The highest BCUT2D eigenvalue weighted by Crippen LogP contribution is 2.24. The highest BCUT2D eigenvalue weighted by atomic mass is 35.5. The first-order chi connectivity index (χ1) is 11.3. The average molecular weight is 368 g/mol. The first-order valence-electron chi connectivity index (χ1n) is 7.33. The fraction of sp³-hybridized carbons (Fsp3) is 0.235. The first-order valence-corrected chi connectivity index (χ1v) is 9.15. The van der Waals surface area contributed by atoms with Crippen molar-refractivity contribution in [2.24, 2.45) is 0 Å². The highest BCUT2D eigenvalue weighted by molar-refractivity contribution is 7.92. The summed E-state index contributed by atoms with van der Waals surface area (Å²) < 4.78 is 32.0. The summed E-state index contributed by atoms with van der Waals surface area (Å²) in [5.74, 6) is -0.619. The van der Waals surface area contributed by atoms with Gasteiger partial charge in [-0.3, -0.25) is 9.10 Å². The van der Waals surface area contributed by atoms with Crippen molar-refractivity contribution in [3.8, 4) is 0 Å². The summed E-state index contributed by atoms with van der Waals surface area (Å²) in [6, 6.07) is 14.2. The lowest BCUT2D eigenvalue weighted by Crippen LogP contribution is -2.37. The minimum absolute atomic E-state index is 0.0492. The molecule has 0 amide bonds. The number of anilines is 1. The second-order valence-electron chi connectivity index (χ2n) is 5.34. The van der Waals surface area contributed by atoms with Crippen LogP contribution in [0.2, 0.25) is 5.02 Å². The van der Waals surface area contributed by atoms with Crippen LogP contribution >= 0.6 is 11.6 Å². The lowest BCUT2D eigenvalue weighted by atomic mass is 10.3. The summed E-state index contributed by atoms with van der Waals surface area (Å²) in [6.45, 7) is 3.00. The Bertz CT molecular complexity index is 789. The van der Waals surface area contributed by atoms with E-state index in [4.69, 9.17) is 16.3 Å². The first kappa shape index (κ1) is 18.3. The van der Waals surface area contributed by atoms with Gasteiger partial charge in [0.15, 0.2) is 0 Å². The Morgan fingerprint density at radius 2 is 1.67 bits per heavy atom. The van der Waals surface area contributed by atoms with Crippen LogP contribution in [0.1, 0.15) is 13.8 Å². The van der Waals surface area contributed by atoms with Gasteiger partial charge < -0.3 is 4.74 Å². The molecule has 0 heterocycles. The molecule has 0 N–H and O–H groups in total. The number of sulfonamides is 1. The van der Waals surface area contributed by atoms with Crippen molar-refractivity contribution >= 4 is 33.3 Å². The Kier molecular flexibility index (Phi) is 5.85. The molecule has 0 aliphatic rings. The zero-order valence-corrected chi connectivity index (χ0v) is 14.9. The van der Waals surface area contributed by atoms with E-state index in [1.165, 1.54) is 24.3 Å². The zero-order valence-electron chi connectivity index (χ0n) is 13.3. The van der Waals surface area contributed by atoms with Crippen LogP contribution in [-0.2, 0) is 19.6 Å². The molecule has 0 saturated heterocycles. The molecule has 0 aromatic heterocycles. The minimum Gasteiger partial charge on any atom is -0.462 e. The number of para-hydroxylation sites is 1. The molecule has 7 heteroatoms. The Balaban J connectivity index is 2.41. The van der Waals surface area contributed by atoms with E-state index in [-0.39, 0.29) is 11.0 Å². The standard InChI is InChI=1S/C17H18ClNO4S/c1-13(2)23-17(20)12-19(15-6-4-3-5-7-15)24(21,22)16-10-8-14(18)9-11-16/h3-11,13H,12H2,1-2H3. The molecular weight excluding hydrogens is 350 g/mol. The van der Waals surface area contributed by atoms with Crippen molar-refractivity contribution < 1.29 is 17.9 Å². The molecule has 24 heavy (non-hydrogen) atoms. The maximum absolute atomic E-state index is 12.9. The molecule has 2 aromatic rings. The molecular formula is C17H18ClNO4S. The van der Waals surface area contributed by atoms with Crippen LogP contribution in [0.4, 0.5) is 5.69 Å². The van der Waals surface area contributed by atoms with Gasteiger partial charge in [-0.1, -0.05) is 29.8 Å². The van der Waals surface area contributed by atoms with E-state index >= 15 is 0 Å². The lowest BCUT2D eigenvalue weighted by molar-refractivity contribution is -0.145. The molecule has 0 fully saturated rings. The normalized spacial score (nSPS) is 11.3. The van der Waals surface area contributed by atoms with Crippen LogP contribution in [0.25, 0.3) is 0 Å². The van der Waals surface area contributed by atoms with Crippen molar-refractivity contribution in [2.45, 2.75) is 24.8 Å². The molecule has 5 nitrogen and oxygen atoms in total. The van der Waals surface area contributed by atoms with E-state index in [1.54, 1.807) is 44.2 Å². The summed E-state index contributed by atoms with van der Waals surface area (Å²) in [5.41, 5.74) is 0.383. The number of esters is 1. The van der Waals surface area contributed by atoms with Crippen LogP contribution in [0.5, 0.6) is 0 Å². The van der Waals surface area contributed by atoms with E-state index in [0.29, 0.717) is 10.7 Å². The van der Waals surface area contributed by atoms with Crippen molar-refractivity contribution in [1.29, 1.82) is 0 Å². The molecule has 2 aromatic carbocycles. The predicted octanol–water partition coefficient (Wildman–Crippen LogP) is 3.49. The number of carbonyl (C=O) groups is 1. The van der Waals surface area contributed by atoms with E-state index in [0.717, 1.165) is 4.31 Å². The van der Waals surface area contributed by atoms with Gasteiger partial charge in [0.25, 0.3) is 10.0 Å². The summed E-state index contributed by atoms with van der Waals surface area (Å²) in [6.07, 6.45) is -0.326. The third-order valence-corrected chi connectivity index (χ3v) is 5.13. The number of carbonyl (C=O) groups excluding carboxylic acids is 1. The predicted molar refractivity (Wildman–Crippen MR) is 93.7 cm³/mol. The summed E-state index contributed by atoms with van der Waals surface area (Å²) in [5, 5.41) is 0.430. The van der Waals surface area contributed by atoms with Crippen molar-refractivity contribution in [3.63, 3.8) is 0 Å². The van der Waals surface area contributed by atoms with Gasteiger partial charge in [-0.25, -0.2) is 8.42 Å². The van der Waals surface area contributed by atoms with Crippen molar-refractivity contribution in [1.82, 2.24) is 0 Å². The molecule has 0 unspecified atom stereocenters. The van der Waals surface area contributed by atoms with Crippen LogP contribution in [0.3, 0.4) is 0 Å². The molecule has 0 bridgehead atoms. The molecule has 0 spiro atoms. The Morgan fingerprint density at radius 1 is 1.08 bits per heavy atom. The Labute approximate surface area is 146 Å². The number of ether oxygens (including phenoxy) is 1. The largest absolute Gasteiger partial charge is 0.462 e. The number of hydrogen-bond donors (Lipinski definition) is 0. The van der Waals surface area contributed by atoms with Crippen LogP contribution in [-0.4, -0.2) is 27.0 Å². The fourth-order valence-corrected chi connectivity index (χ4v) is 3.60. The van der Waals surface area contributed by atoms with Gasteiger partial charge >= 0.3 is 5.97 Å². The van der Waals surface area contributed by atoms with E-state index in [1.807, 2.05) is 0 Å². The third kappa shape index (κ3) is 4.49. The van der Waals surface area contributed by atoms with Gasteiger partial charge in [-0.2, -0.15) is 0 Å². The van der Waals surface area contributed by atoms with Gasteiger partial charge in [0, 0.05) is 5.02 Å². The number of benzene rings is 2. The maximum atomic E-state index is 12.9. The SMILES string of the molecule is CC(C)OC(=O)CN(c1ccccc1)S(=O)(=O)c1ccc(Cl)cc1. The van der Waals surface area contributed by atoms with E-state index < -0.39 is 22.5 Å². The van der Waals surface area contributed by atoms with Gasteiger partial charge in [0.05, 0.1) is 16.7 Å². The number of nitrogens with zero attached hydrogens (tertiary/aromatic N) is 1. The zero-order chi connectivity index (χ0) is 17.7. The molecule has 2 rings (SSSR count). The Morgan fingerprint density at radius 3 is 2.21 bits per heavy atom. The molecule has 0 atom stereocenters. The Hall–Kier alpha value is -2.05. The second-order valence-corrected chi connectivity index (χ2v) is 7.64. The van der Waals surface area contributed by atoms with Crippen LogP contribution < -0.4 is 4.31 Å². The van der Waals surface area contributed by atoms with E-state index in [2.05, 4.69) is 0 Å². The topological polar surface area (TPSA) is 63.7 Å². The minimum atomic E-state index is -3.93. The maximum Gasteiger partial charge on any atom is 0.327 e. The summed E-state index contributed by atoms with van der Waals surface area (Å²) in [7, 11) is -3.93. The molecule has 0 saturated carbocycles. The van der Waals surface area contributed by atoms with Crippen molar-refractivity contribution in [2.75, 3.05) is 10.8 Å². The summed E-state index contributed by atoms with van der Waals surface area (Å²) in [4.78, 5) is 12.1. The molecule has 0 aliphatic heterocycles. The van der Waals surface area contributed by atoms with E-state index in [9.17, 15) is 13.2 Å². The molecule has 0 radical (unpaired) electrons. The number of halogens is 1. The highest BCUT2D eigenvalue weighted by Gasteiger charge is 2.27. The average Bonchev–Trinajstić information content (AvgIpc) is 2.53. The van der Waals surface area contributed by atoms with Gasteiger partial charge in [0.2, 0.25) is 0 Å². The smallest absolute Gasteiger partial charge is 0.327 e. The van der Waals surface area contributed by atoms with Gasteiger partial charge in [0.1, 0.15) is 6.54 Å². The lowest BCUT2D eigenvalue weighted by Gasteiger charge is -2.24. The van der Waals surface area contributed by atoms with Crippen LogP contribution in [0, 0.1) is 0 Å². The van der Waals surface area contributed by atoms with Gasteiger partial charge in [-0.05, 0) is 50.2 Å².